The molecule has 0 aliphatic heterocycles. The van der Waals surface area contributed by atoms with Crippen molar-refractivity contribution in [2.24, 2.45) is 0 Å². The molecule has 0 fully saturated rings. The Labute approximate surface area is 344 Å². The summed E-state index contributed by atoms with van der Waals surface area (Å²) in [6.07, 6.45) is 0.560. The molecule has 0 bridgehead atoms. The maximum absolute atomic E-state index is 13.8. The minimum atomic E-state index is -1.54. The van der Waals surface area contributed by atoms with Gasteiger partial charge in [-0.2, -0.15) is 0 Å². The van der Waals surface area contributed by atoms with Gasteiger partial charge in [-0.05, 0) is 66.1 Å². The summed E-state index contributed by atoms with van der Waals surface area (Å²) in [7, 11) is 0. The summed E-state index contributed by atoms with van der Waals surface area (Å²) in [5.41, 5.74) is 7.74. The molecule has 13 nitrogen and oxygen atoms in total. The van der Waals surface area contributed by atoms with Crippen LogP contribution in [0.1, 0.15) is 54.0 Å². The van der Waals surface area contributed by atoms with E-state index in [0.29, 0.717) is 18.4 Å². The number of nitrogens with one attached hydrogen (secondary N) is 4. The van der Waals surface area contributed by atoms with Crippen LogP contribution in [-0.4, -0.2) is 47.3 Å². The summed E-state index contributed by atoms with van der Waals surface area (Å²) in [6, 6.07) is 40.0. The van der Waals surface area contributed by atoms with Crippen molar-refractivity contribution in [3.05, 3.63) is 167 Å². The fraction of sp³-hybridized carbons (Fsp3) is 0.261. The molecule has 5 N–H and O–H groups in total. The fourth-order valence-electron chi connectivity index (χ4n) is 5.88. The van der Waals surface area contributed by atoms with E-state index in [1.54, 1.807) is 19.1 Å². The number of unbranched alkanes of at least 4 members (excludes halogenated alkanes) is 1. The van der Waals surface area contributed by atoms with Gasteiger partial charge in [0.05, 0.1) is 0 Å². The van der Waals surface area contributed by atoms with Gasteiger partial charge in [-0.15, -0.1) is 0 Å². The lowest BCUT2D eigenvalue weighted by molar-refractivity contribution is -0.153. The molecule has 59 heavy (non-hydrogen) atoms. The smallest absolute Gasteiger partial charge is 0.407 e. The maximum Gasteiger partial charge on any atom is 0.407 e. The quantitative estimate of drug-likeness (QED) is 0.0225. The zero-order chi connectivity index (χ0) is 41.7. The number of carbonyl (C=O) groups is 4. The number of hydrogen-bond donors (Lipinski definition) is 5. The second-order valence-corrected chi connectivity index (χ2v) is 14.0. The van der Waals surface area contributed by atoms with Crippen LogP contribution in [0.3, 0.4) is 0 Å². The summed E-state index contributed by atoms with van der Waals surface area (Å²) in [6.45, 7) is 2.19. The van der Waals surface area contributed by atoms with Crippen LogP contribution in [0.25, 0.3) is 0 Å². The topological polar surface area (TPSA) is 174 Å². The average molecular weight is 803 g/mol. The largest absolute Gasteiger partial charge is 0.504 e. The van der Waals surface area contributed by atoms with Crippen molar-refractivity contribution in [2.75, 3.05) is 6.54 Å². The number of benzene rings is 5. The minimum absolute atomic E-state index is 0.00153. The van der Waals surface area contributed by atoms with Gasteiger partial charge in [0.2, 0.25) is 0 Å². The third-order valence-corrected chi connectivity index (χ3v) is 9.15. The van der Waals surface area contributed by atoms with Crippen molar-refractivity contribution in [1.82, 2.24) is 21.5 Å². The molecule has 5 aromatic rings. The van der Waals surface area contributed by atoms with Crippen molar-refractivity contribution < 1.29 is 43.2 Å². The van der Waals surface area contributed by atoms with E-state index in [2.05, 4.69) is 21.5 Å². The van der Waals surface area contributed by atoms with Gasteiger partial charge >= 0.3 is 24.1 Å². The number of hydrogen-bond acceptors (Lipinski definition) is 10. The lowest BCUT2D eigenvalue weighted by atomic mass is 9.93. The van der Waals surface area contributed by atoms with Crippen LogP contribution in [0.15, 0.2) is 140 Å². The molecule has 0 aliphatic rings. The summed E-state index contributed by atoms with van der Waals surface area (Å²) in [5, 5.41) is 15.9. The Kier molecular flexibility index (Phi) is 16.7. The van der Waals surface area contributed by atoms with E-state index in [-0.39, 0.29) is 57.3 Å². The number of carbonyl (C=O) groups excluding carboxylic acids is 4. The van der Waals surface area contributed by atoms with Gasteiger partial charge in [-0.25, -0.2) is 24.6 Å². The van der Waals surface area contributed by atoms with E-state index < -0.39 is 35.6 Å². The summed E-state index contributed by atoms with van der Waals surface area (Å²) in [5.74, 6) is -1.19. The Morgan fingerprint density at radius 2 is 1.15 bits per heavy atom. The predicted octanol–water partition coefficient (Wildman–Crippen LogP) is 7.03. The zero-order valence-electron chi connectivity index (χ0n) is 32.9. The number of ether oxygens (including phenoxy) is 4. The third-order valence-electron chi connectivity index (χ3n) is 9.15. The van der Waals surface area contributed by atoms with E-state index in [1.165, 1.54) is 6.07 Å². The van der Waals surface area contributed by atoms with E-state index in [0.717, 1.165) is 22.3 Å². The number of urea groups is 1. The Morgan fingerprint density at radius 3 is 1.73 bits per heavy atom. The standard InChI is InChI=1S/C46H50N4O9/c1-46(43(53)58-32-36-20-10-4-11-21-36,29-38-25-26-40(51)41(28-38)56-30-34-16-6-2-7-17-34)50-49-44(54)48-39(42(52)57-31-35-18-8-3-9-19-35)24-14-15-27-47-45(55)59-33-37-22-12-5-13-23-37/h2-13,16-23,25-26,28,39,50-51H,14-15,24,27,29-33H2,1H3,(H,47,55)(H2,48,49,54)/t39-,46-/m0/s1. The summed E-state index contributed by atoms with van der Waals surface area (Å²) < 4.78 is 22.4. The number of esters is 2. The Bertz CT molecular complexity index is 2070. The minimum Gasteiger partial charge on any atom is -0.504 e. The van der Waals surface area contributed by atoms with Gasteiger partial charge in [-0.3, -0.25) is 5.43 Å². The van der Waals surface area contributed by atoms with Crippen LogP contribution in [0.2, 0.25) is 0 Å². The zero-order valence-corrected chi connectivity index (χ0v) is 32.9. The molecule has 3 amide bonds. The molecule has 5 rings (SSSR count). The van der Waals surface area contributed by atoms with Crippen LogP contribution in [-0.2, 0) is 56.6 Å². The van der Waals surface area contributed by atoms with Gasteiger partial charge < -0.3 is 34.7 Å². The van der Waals surface area contributed by atoms with E-state index in [9.17, 15) is 24.3 Å². The Hall–Kier alpha value is -6.86. The lowest BCUT2D eigenvalue weighted by Crippen LogP contribution is -2.61. The molecule has 308 valence electrons. The SMILES string of the molecule is C[C@@](Cc1ccc(O)c(OCc2ccccc2)c1)(NNC(=O)N[C@@H](CCCCNC(=O)OCc1ccccc1)C(=O)OCc1ccccc1)C(=O)OCc1ccccc1. The number of amides is 3. The monoisotopic (exact) mass is 802 g/mol. The second kappa shape index (κ2) is 22.8. The highest BCUT2D eigenvalue weighted by molar-refractivity contribution is 5.85. The number of aromatic hydroxyl groups is 1. The predicted molar refractivity (Wildman–Crippen MR) is 221 cm³/mol. The van der Waals surface area contributed by atoms with Crippen LogP contribution < -0.4 is 26.2 Å². The first-order chi connectivity index (χ1) is 28.7. The summed E-state index contributed by atoms with van der Waals surface area (Å²) in [4.78, 5) is 52.8. The van der Waals surface area contributed by atoms with Gasteiger partial charge in [-0.1, -0.05) is 127 Å². The third kappa shape index (κ3) is 14.9. The molecule has 0 aliphatic carbocycles. The van der Waals surface area contributed by atoms with Crippen LogP contribution >= 0.6 is 0 Å². The molecule has 0 heterocycles. The van der Waals surface area contributed by atoms with E-state index in [1.807, 2.05) is 121 Å². The first kappa shape index (κ1) is 43.3. The molecule has 13 heteroatoms. The van der Waals surface area contributed by atoms with Crippen molar-refractivity contribution in [3.8, 4) is 11.5 Å². The van der Waals surface area contributed by atoms with Crippen molar-refractivity contribution in [3.63, 3.8) is 0 Å². The van der Waals surface area contributed by atoms with Gasteiger partial charge in [0.25, 0.3) is 0 Å². The number of phenolic OH excluding ortho intramolecular Hbond substituents is 1. The molecule has 0 saturated heterocycles. The molecule has 0 radical (unpaired) electrons. The highest BCUT2D eigenvalue weighted by atomic mass is 16.6. The Morgan fingerprint density at radius 1 is 0.627 bits per heavy atom. The number of rotatable bonds is 21. The molecular weight excluding hydrogens is 753 g/mol. The molecule has 0 unspecified atom stereocenters. The van der Waals surface area contributed by atoms with Crippen molar-refractivity contribution in [2.45, 2.75) is 70.6 Å². The highest BCUT2D eigenvalue weighted by Gasteiger charge is 2.36. The van der Waals surface area contributed by atoms with Crippen LogP contribution in [0, 0.1) is 0 Å². The average Bonchev–Trinajstić information content (AvgIpc) is 3.27. The van der Waals surface area contributed by atoms with Gasteiger partial charge in [0.15, 0.2) is 11.5 Å². The first-order valence-electron chi connectivity index (χ1n) is 19.4. The molecule has 0 spiro atoms. The number of alkyl carbamates (subject to hydrolysis) is 1. The van der Waals surface area contributed by atoms with Gasteiger partial charge in [0, 0.05) is 13.0 Å². The number of hydrazine groups is 1. The highest BCUT2D eigenvalue weighted by Crippen LogP contribution is 2.29. The van der Waals surface area contributed by atoms with E-state index in [4.69, 9.17) is 18.9 Å². The fourth-order valence-corrected chi connectivity index (χ4v) is 5.88. The normalized spacial score (nSPS) is 12.2. The van der Waals surface area contributed by atoms with Gasteiger partial charge in [0.1, 0.15) is 38.0 Å². The molecule has 0 aromatic heterocycles. The molecule has 2 atom stereocenters. The number of phenols is 1. The maximum atomic E-state index is 13.8. The first-order valence-corrected chi connectivity index (χ1v) is 19.4. The molecule has 0 saturated carbocycles. The van der Waals surface area contributed by atoms with Crippen molar-refractivity contribution in [1.29, 1.82) is 0 Å². The van der Waals surface area contributed by atoms with E-state index >= 15 is 0 Å². The van der Waals surface area contributed by atoms with Crippen LogP contribution in [0.4, 0.5) is 9.59 Å². The van der Waals surface area contributed by atoms with Crippen LogP contribution in [0.5, 0.6) is 11.5 Å². The van der Waals surface area contributed by atoms with Crippen molar-refractivity contribution >= 4 is 24.1 Å². The Balaban J connectivity index is 1.21. The molecule has 5 aromatic carbocycles. The lowest BCUT2D eigenvalue weighted by Gasteiger charge is -2.29. The molecular formula is C46H50N4O9. The second-order valence-electron chi connectivity index (χ2n) is 14.0. The summed E-state index contributed by atoms with van der Waals surface area (Å²) >= 11 is 0.